The zero-order chi connectivity index (χ0) is 19.6. The third kappa shape index (κ3) is 4.14. The molecule has 1 amide bonds. The molecule has 7 nitrogen and oxygen atoms in total. The number of sulfonamides is 1. The molecule has 0 unspecified atom stereocenters. The number of rotatable bonds is 6. The number of piperidine rings is 1. The van der Waals surface area contributed by atoms with Crippen LogP contribution in [-0.2, 0) is 26.0 Å². The molecule has 0 aliphatic carbocycles. The van der Waals surface area contributed by atoms with E-state index in [-0.39, 0.29) is 35.5 Å². The molecule has 4 rings (SSSR count). The second-order valence-corrected chi connectivity index (χ2v) is 9.20. The molecule has 3 heterocycles. The summed E-state index contributed by atoms with van der Waals surface area (Å²) in [5, 5.41) is 0. The van der Waals surface area contributed by atoms with E-state index in [1.165, 1.54) is 0 Å². The molecule has 150 valence electrons. The van der Waals surface area contributed by atoms with E-state index in [2.05, 4.69) is 4.72 Å². The van der Waals surface area contributed by atoms with Gasteiger partial charge in [0.2, 0.25) is 15.9 Å². The molecule has 2 aromatic rings. The Hall–Kier alpha value is -2.16. The number of ether oxygens (including phenoxy) is 1. The summed E-state index contributed by atoms with van der Waals surface area (Å²) in [6, 6.07) is 11.9. The monoisotopic (exact) mass is 404 g/mol. The Balaban J connectivity index is 1.22. The van der Waals surface area contributed by atoms with Gasteiger partial charge >= 0.3 is 0 Å². The summed E-state index contributed by atoms with van der Waals surface area (Å²) in [6.07, 6.45) is 4.10. The lowest BCUT2D eigenvalue weighted by Crippen LogP contribution is -2.59. The van der Waals surface area contributed by atoms with Gasteiger partial charge in [0.25, 0.3) is 0 Å². The van der Waals surface area contributed by atoms with Crippen molar-refractivity contribution < 1.29 is 22.4 Å². The highest BCUT2D eigenvalue weighted by molar-refractivity contribution is 7.89. The molecule has 0 saturated carbocycles. The number of carbonyl (C=O) groups excluding carboxylic acids is 1. The highest BCUT2D eigenvalue weighted by atomic mass is 32.2. The molecule has 0 bridgehead atoms. The van der Waals surface area contributed by atoms with Crippen LogP contribution in [0.25, 0.3) is 0 Å². The van der Waals surface area contributed by atoms with Crippen LogP contribution in [-0.4, -0.2) is 50.6 Å². The number of hydrogen-bond donors (Lipinski definition) is 1. The standard InChI is InChI=1S/C20H24N2O5S/c23-19(13-16-5-4-12-26-16)22-10-8-20(9-11-22)14-17(27-20)15-21-28(24,25)18-6-2-1-3-7-18/h1-7,12,17,21H,8-11,13-15H2/t17-/m1/s1. The Morgan fingerprint density at radius 2 is 1.86 bits per heavy atom. The predicted octanol–water partition coefficient (Wildman–Crippen LogP) is 1.95. The van der Waals surface area contributed by atoms with E-state index in [4.69, 9.17) is 9.15 Å². The van der Waals surface area contributed by atoms with Gasteiger partial charge < -0.3 is 14.1 Å². The maximum atomic E-state index is 12.3. The van der Waals surface area contributed by atoms with Crippen LogP contribution in [0, 0.1) is 0 Å². The predicted molar refractivity (Wildman–Crippen MR) is 102 cm³/mol. The SMILES string of the molecule is O=C(Cc1ccco1)N1CCC2(CC1)C[C@H](CNS(=O)(=O)c1ccccc1)O2. The van der Waals surface area contributed by atoms with Crippen molar-refractivity contribution in [3.05, 3.63) is 54.5 Å². The number of nitrogens with one attached hydrogen (secondary N) is 1. The molecule has 1 atom stereocenters. The van der Waals surface area contributed by atoms with Crippen molar-refractivity contribution >= 4 is 15.9 Å². The lowest BCUT2D eigenvalue weighted by Gasteiger charge is -2.52. The molecule has 2 fully saturated rings. The van der Waals surface area contributed by atoms with Crippen molar-refractivity contribution in [1.29, 1.82) is 0 Å². The molecule has 2 aliphatic rings. The van der Waals surface area contributed by atoms with Crippen LogP contribution in [0.1, 0.15) is 25.0 Å². The summed E-state index contributed by atoms with van der Waals surface area (Å²) in [5.41, 5.74) is -0.218. The first-order valence-electron chi connectivity index (χ1n) is 9.49. The zero-order valence-electron chi connectivity index (χ0n) is 15.5. The minimum absolute atomic E-state index is 0.0660. The van der Waals surface area contributed by atoms with E-state index in [9.17, 15) is 13.2 Å². The lowest BCUT2D eigenvalue weighted by atomic mass is 9.80. The van der Waals surface area contributed by atoms with E-state index < -0.39 is 10.0 Å². The number of nitrogens with zero attached hydrogens (tertiary/aromatic N) is 1. The molecule has 1 aromatic heterocycles. The maximum Gasteiger partial charge on any atom is 0.240 e. The molecule has 8 heteroatoms. The fourth-order valence-corrected chi connectivity index (χ4v) is 5.01. The van der Waals surface area contributed by atoms with Crippen LogP contribution >= 0.6 is 0 Å². The topological polar surface area (TPSA) is 88.9 Å². The van der Waals surface area contributed by atoms with Gasteiger partial charge in [-0.3, -0.25) is 4.79 Å². The van der Waals surface area contributed by atoms with Crippen LogP contribution < -0.4 is 4.72 Å². The Labute approximate surface area is 164 Å². The smallest absolute Gasteiger partial charge is 0.240 e. The molecule has 1 spiro atoms. The molecule has 2 saturated heterocycles. The average Bonchev–Trinajstić information content (AvgIpc) is 3.19. The van der Waals surface area contributed by atoms with Gasteiger partial charge in [-0.05, 0) is 37.1 Å². The summed E-state index contributed by atoms with van der Waals surface area (Å²) in [5.74, 6) is 0.743. The first-order chi connectivity index (χ1) is 13.5. The van der Waals surface area contributed by atoms with E-state index in [0.29, 0.717) is 18.8 Å². The van der Waals surface area contributed by atoms with Crippen LogP contribution in [0.3, 0.4) is 0 Å². The van der Waals surface area contributed by atoms with Gasteiger partial charge in [-0.1, -0.05) is 18.2 Å². The quantitative estimate of drug-likeness (QED) is 0.795. The number of furan rings is 1. The normalized spacial score (nSPS) is 21.4. The Bertz CT molecular complexity index is 895. The van der Waals surface area contributed by atoms with Crippen molar-refractivity contribution in [1.82, 2.24) is 9.62 Å². The largest absolute Gasteiger partial charge is 0.469 e. The summed E-state index contributed by atoms with van der Waals surface area (Å²) < 4.78 is 38.5. The van der Waals surface area contributed by atoms with Gasteiger partial charge in [-0.2, -0.15) is 0 Å². The lowest BCUT2D eigenvalue weighted by molar-refractivity contribution is -0.221. The number of benzene rings is 1. The Morgan fingerprint density at radius 1 is 1.14 bits per heavy atom. The second kappa shape index (κ2) is 7.69. The average molecular weight is 404 g/mol. The van der Waals surface area contributed by atoms with Crippen molar-refractivity contribution in [2.75, 3.05) is 19.6 Å². The van der Waals surface area contributed by atoms with Gasteiger partial charge in [0, 0.05) is 26.1 Å². The minimum Gasteiger partial charge on any atom is -0.469 e. The molecule has 1 N–H and O–H groups in total. The molecule has 2 aliphatic heterocycles. The van der Waals surface area contributed by atoms with Gasteiger partial charge in [0.1, 0.15) is 5.76 Å². The third-order valence-corrected chi connectivity index (χ3v) is 6.94. The second-order valence-electron chi connectivity index (χ2n) is 7.43. The number of amides is 1. The Morgan fingerprint density at radius 3 is 2.50 bits per heavy atom. The van der Waals surface area contributed by atoms with Crippen LogP contribution in [0.4, 0.5) is 0 Å². The van der Waals surface area contributed by atoms with Gasteiger partial charge in [0.05, 0.1) is 29.3 Å². The van der Waals surface area contributed by atoms with Crippen molar-refractivity contribution in [2.24, 2.45) is 0 Å². The maximum absolute atomic E-state index is 12.3. The zero-order valence-corrected chi connectivity index (χ0v) is 16.4. The molecule has 1 aromatic carbocycles. The van der Waals surface area contributed by atoms with Gasteiger partial charge in [0.15, 0.2) is 0 Å². The molecular formula is C20H24N2O5S. The summed E-state index contributed by atoms with van der Waals surface area (Å²) >= 11 is 0. The minimum atomic E-state index is -3.51. The number of likely N-dealkylation sites (tertiary alicyclic amines) is 1. The Kier molecular flexibility index (Phi) is 5.27. The first-order valence-corrected chi connectivity index (χ1v) is 11.0. The summed E-state index contributed by atoms with van der Waals surface area (Å²) in [4.78, 5) is 14.4. The fourth-order valence-electron chi connectivity index (χ4n) is 3.92. The van der Waals surface area contributed by atoms with Crippen LogP contribution in [0.2, 0.25) is 0 Å². The van der Waals surface area contributed by atoms with Crippen molar-refractivity contribution in [2.45, 2.75) is 42.3 Å². The summed E-state index contributed by atoms with van der Waals surface area (Å²) in [7, 11) is -3.51. The van der Waals surface area contributed by atoms with Gasteiger partial charge in [-0.15, -0.1) is 0 Å². The van der Waals surface area contributed by atoms with Crippen LogP contribution in [0.15, 0.2) is 58.0 Å². The molecular weight excluding hydrogens is 380 g/mol. The molecule has 28 heavy (non-hydrogen) atoms. The fraction of sp³-hybridized carbons (Fsp3) is 0.450. The van der Waals surface area contributed by atoms with Crippen molar-refractivity contribution in [3.63, 3.8) is 0 Å². The molecule has 0 radical (unpaired) electrons. The summed E-state index contributed by atoms with van der Waals surface area (Å²) in [6.45, 7) is 1.57. The van der Waals surface area contributed by atoms with E-state index in [0.717, 1.165) is 19.3 Å². The van der Waals surface area contributed by atoms with Crippen LogP contribution in [0.5, 0.6) is 0 Å². The van der Waals surface area contributed by atoms with E-state index >= 15 is 0 Å². The number of carbonyl (C=O) groups is 1. The van der Waals surface area contributed by atoms with E-state index in [1.807, 2.05) is 4.90 Å². The van der Waals surface area contributed by atoms with E-state index in [1.54, 1.807) is 48.7 Å². The number of hydrogen-bond acceptors (Lipinski definition) is 5. The van der Waals surface area contributed by atoms with Crippen molar-refractivity contribution in [3.8, 4) is 0 Å². The highest BCUT2D eigenvalue weighted by Crippen LogP contribution is 2.41. The first kappa shape index (κ1) is 19.2. The van der Waals surface area contributed by atoms with Gasteiger partial charge in [-0.25, -0.2) is 13.1 Å². The third-order valence-electron chi connectivity index (χ3n) is 5.50. The highest BCUT2D eigenvalue weighted by Gasteiger charge is 2.47.